The molecule has 0 saturated carbocycles. The predicted octanol–water partition coefficient (Wildman–Crippen LogP) is 1.35. The van der Waals surface area contributed by atoms with Gasteiger partial charge in [0.1, 0.15) is 0 Å². The number of hydrogen-bond acceptors (Lipinski definition) is 3. The molecule has 0 rings (SSSR count). The SMILES string of the molecule is CN[C@H](/C=C(\C)C(=O)OC)C(C)C. The maximum Gasteiger partial charge on any atom is 0.333 e. The number of nitrogens with one attached hydrogen (secondary N) is 1. The Kier molecular flexibility index (Phi) is 5.39. The zero-order chi connectivity index (χ0) is 10.4. The number of methoxy groups -OCH3 is 1. The molecule has 0 aliphatic heterocycles. The molecule has 0 aliphatic rings. The second-order valence-electron chi connectivity index (χ2n) is 3.40. The van der Waals surface area contributed by atoms with Crippen LogP contribution in [0.3, 0.4) is 0 Å². The van der Waals surface area contributed by atoms with Crippen molar-refractivity contribution in [3.05, 3.63) is 11.6 Å². The van der Waals surface area contributed by atoms with Gasteiger partial charge in [-0.2, -0.15) is 0 Å². The average Bonchev–Trinajstić information content (AvgIpc) is 2.11. The summed E-state index contributed by atoms with van der Waals surface area (Å²) in [6.45, 7) is 5.96. The Morgan fingerprint density at radius 3 is 2.31 bits per heavy atom. The van der Waals surface area contributed by atoms with Crippen LogP contribution in [0.1, 0.15) is 20.8 Å². The Morgan fingerprint density at radius 2 is 2.00 bits per heavy atom. The van der Waals surface area contributed by atoms with Gasteiger partial charge >= 0.3 is 5.97 Å². The van der Waals surface area contributed by atoms with Crippen LogP contribution < -0.4 is 5.32 Å². The summed E-state index contributed by atoms with van der Waals surface area (Å²) < 4.78 is 4.60. The first-order valence-electron chi connectivity index (χ1n) is 4.47. The van der Waals surface area contributed by atoms with Crippen LogP contribution in [-0.4, -0.2) is 26.2 Å². The molecule has 3 nitrogen and oxygen atoms in total. The summed E-state index contributed by atoms with van der Waals surface area (Å²) in [5.41, 5.74) is 0.649. The summed E-state index contributed by atoms with van der Waals surface area (Å²) in [6.07, 6.45) is 1.90. The van der Waals surface area contributed by atoms with Crippen molar-refractivity contribution in [2.75, 3.05) is 14.2 Å². The molecule has 0 saturated heterocycles. The molecule has 0 aromatic carbocycles. The molecular formula is C10H19NO2. The Morgan fingerprint density at radius 1 is 1.46 bits per heavy atom. The molecule has 0 spiro atoms. The highest BCUT2D eigenvalue weighted by molar-refractivity contribution is 5.87. The molecule has 0 aromatic rings. The topological polar surface area (TPSA) is 38.3 Å². The maximum absolute atomic E-state index is 11.1. The van der Waals surface area contributed by atoms with Gasteiger partial charge in [-0.05, 0) is 19.9 Å². The van der Waals surface area contributed by atoms with Crippen molar-refractivity contribution < 1.29 is 9.53 Å². The van der Waals surface area contributed by atoms with Gasteiger partial charge in [-0.3, -0.25) is 0 Å². The number of carbonyl (C=O) groups excluding carboxylic acids is 1. The fourth-order valence-electron chi connectivity index (χ4n) is 1.11. The van der Waals surface area contributed by atoms with Crippen molar-refractivity contribution in [3.8, 4) is 0 Å². The van der Waals surface area contributed by atoms with Crippen molar-refractivity contribution in [2.24, 2.45) is 5.92 Å². The lowest BCUT2D eigenvalue weighted by Gasteiger charge is -2.16. The summed E-state index contributed by atoms with van der Waals surface area (Å²) >= 11 is 0. The van der Waals surface area contributed by atoms with Crippen LogP contribution in [0.15, 0.2) is 11.6 Å². The predicted molar refractivity (Wildman–Crippen MR) is 53.5 cm³/mol. The number of carbonyl (C=O) groups is 1. The van der Waals surface area contributed by atoms with Gasteiger partial charge in [0.15, 0.2) is 0 Å². The second-order valence-corrected chi connectivity index (χ2v) is 3.40. The maximum atomic E-state index is 11.1. The third-order valence-corrected chi connectivity index (χ3v) is 1.99. The molecule has 0 unspecified atom stereocenters. The largest absolute Gasteiger partial charge is 0.466 e. The van der Waals surface area contributed by atoms with Crippen LogP contribution in [0.4, 0.5) is 0 Å². The van der Waals surface area contributed by atoms with Crippen LogP contribution in [0, 0.1) is 5.92 Å². The highest BCUT2D eigenvalue weighted by atomic mass is 16.5. The van der Waals surface area contributed by atoms with E-state index in [1.807, 2.05) is 13.1 Å². The number of ether oxygens (including phenoxy) is 1. The first-order valence-corrected chi connectivity index (χ1v) is 4.47. The standard InChI is InChI=1S/C10H19NO2/c1-7(2)9(11-4)6-8(3)10(12)13-5/h6-7,9,11H,1-5H3/b8-6+/t9-/m1/s1. The summed E-state index contributed by atoms with van der Waals surface area (Å²) in [5.74, 6) is 0.200. The van der Waals surface area contributed by atoms with Crippen molar-refractivity contribution in [2.45, 2.75) is 26.8 Å². The Labute approximate surface area is 80.2 Å². The van der Waals surface area contributed by atoms with Gasteiger partial charge in [-0.1, -0.05) is 19.9 Å². The van der Waals surface area contributed by atoms with Gasteiger partial charge < -0.3 is 10.1 Å². The van der Waals surface area contributed by atoms with Crippen molar-refractivity contribution in [1.29, 1.82) is 0 Å². The molecule has 0 aliphatic carbocycles. The number of rotatable bonds is 4. The van der Waals surface area contributed by atoms with Crippen LogP contribution >= 0.6 is 0 Å². The Hall–Kier alpha value is -0.830. The summed E-state index contributed by atoms with van der Waals surface area (Å²) in [6, 6.07) is 0.221. The zero-order valence-corrected chi connectivity index (χ0v) is 9.05. The molecule has 76 valence electrons. The molecule has 1 atom stereocenters. The van der Waals surface area contributed by atoms with Crippen LogP contribution in [0.5, 0.6) is 0 Å². The van der Waals surface area contributed by atoms with Gasteiger partial charge in [-0.15, -0.1) is 0 Å². The molecule has 0 amide bonds. The van der Waals surface area contributed by atoms with E-state index in [0.717, 1.165) is 0 Å². The van der Waals surface area contributed by atoms with E-state index in [-0.39, 0.29) is 12.0 Å². The summed E-state index contributed by atoms with van der Waals surface area (Å²) in [5, 5.41) is 3.13. The van der Waals surface area contributed by atoms with E-state index in [4.69, 9.17) is 0 Å². The van der Waals surface area contributed by atoms with Crippen molar-refractivity contribution in [1.82, 2.24) is 5.32 Å². The molecule has 3 heteroatoms. The smallest absolute Gasteiger partial charge is 0.333 e. The second kappa shape index (κ2) is 5.75. The zero-order valence-electron chi connectivity index (χ0n) is 9.05. The van der Waals surface area contributed by atoms with Crippen LogP contribution in [-0.2, 0) is 9.53 Å². The average molecular weight is 185 g/mol. The van der Waals surface area contributed by atoms with Crippen LogP contribution in [0.25, 0.3) is 0 Å². The van der Waals surface area contributed by atoms with E-state index in [2.05, 4.69) is 23.9 Å². The van der Waals surface area contributed by atoms with E-state index in [1.54, 1.807) is 6.92 Å². The van der Waals surface area contributed by atoms with Crippen molar-refractivity contribution >= 4 is 5.97 Å². The molecule has 0 fully saturated rings. The van der Waals surface area contributed by atoms with E-state index in [0.29, 0.717) is 11.5 Å². The Balaban J connectivity index is 4.41. The lowest BCUT2D eigenvalue weighted by atomic mass is 10.0. The molecule has 1 N–H and O–H groups in total. The first-order chi connectivity index (χ1) is 6.02. The minimum Gasteiger partial charge on any atom is -0.466 e. The number of likely N-dealkylation sites (N-methyl/N-ethyl adjacent to an activating group) is 1. The number of hydrogen-bond donors (Lipinski definition) is 1. The highest BCUT2D eigenvalue weighted by Gasteiger charge is 2.10. The fraction of sp³-hybridized carbons (Fsp3) is 0.700. The van der Waals surface area contributed by atoms with E-state index in [9.17, 15) is 4.79 Å². The number of esters is 1. The molecule has 0 radical (unpaired) electrons. The summed E-state index contributed by atoms with van der Waals surface area (Å²) in [4.78, 5) is 11.1. The lowest BCUT2D eigenvalue weighted by Crippen LogP contribution is -2.29. The molecule has 0 heterocycles. The molecule has 0 bridgehead atoms. The van der Waals surface area contributed by atoms with Gasteiger partial charge in [0.25, 0.3) is 0 Å². The normalized spacial score (nSPS) is 14.5. The molecule has 0 aromatic heterocycles. The Bertz CT molecular complexity index is 197. The fourth-order valence-corrected chi connectivity index (χ4v) is 1.11. The van der Waals surface area contributed by atoms with Crippen molar-refractivity contribution in [3.63, 3.8) is 0 Å². The van der Waals surface area contributed by atoms with E-state index >= 15 is 0 Å². The molecular weight excluding hydrogens is 166 g/mol. The van der Waals surface area contributed by atoms with Gasteiger partial charge in [0, 0.05) is 11.6 Å². The highest BCUT2D eigenvalue weighted by Crippen LogP contribution is 2.06. The van der Waals surface area contributed by atoms with E-state index in [1.165, 1.54) is 7.11 Å². The van der Waals surface area contributed by atoms with Crippen LogP contribution in [0.2, 0.25) is 0 Å². The quantitative estimate of drug-likeness (QED) is 0.530. The third kappa shape index (κ3) is 4.08. The van der Waals surface area contributed by atoms with E-state index < -0.39 is 0 Å². The van der Waals surface area contributed by atoms with Gasteiger partial charge in [0.05, 0.1) is 7.11 Å². The van der Waals surface area contributed by atoms with Gasteiger partial charge in [-0.25, -0.2) is 4.79 Å². The minimum absolute atomic E-state index is 0.221. The van der Waals surface area contributed by atoms with Gasteiger partial charge in [0.2, 0.25) is 0 Å². The minimum atomic E-state index is -0.263. The lowest BCUT2D eigenvalue weighted by molar-refractivity contribution is -0.136. The first kappa shape index (κ1) is 12.2. The monoisotopic (exact) mass is 185 g/mol. The molecule has 13 heavy (non-hydrogen) atoms. The third-order valence-electron chi connectivity index (χ3n) is 1.99. The summed E-state index contributed by atoms with van der Waals surface area (Å²) in [7, 11) is 3.27.